The van der Waals surface area contributed by atoms with Crippen molar-refractivity contribution in [2.75, 3.05) is 25.4 Å². The third-order valence-corrected chi connectivity index (χ3v) is 3.37. The Balaban J connectivity index is 1.85. The first kappa shape index (κ1) is 14.3. The van der Waals surface area contributed by atoms with E-state index < -0.39 is 0 Å². The van der Waals surface area contributed by atoms with E-state index in [4.69, 9.17) is 11.5 Å². The lowest BCUT2D eigenvalue weighted by atomic mass is 10.0. The van der Waals surface area contributed by atoms with Gasteiger partial charge in [-0.25, -0.2) is 0 Å². The van der Waals surface area contributed by atoms with E-state index in [1.165, 1.54) is 4.68 Å². The molecule has 1 aromatic heterocycles. The maximum atomic E-state index is 12.1. The summed E-state index contributed by atoms with van der Waals surface area (Å²) in [6.45, 7) is 1.75. The molecule has 1 saturated heterocycles. The minimum absolute atomic E-state index is 0.0769. The molecule has 20 heavy (non-hydrogen) atoms. The van der Waals surface area contributed by atoms with Crippen LogP contribution in [0.1, 0.15) is 23.3 Å². The lowest BCUT2D eigenvalue weighted by Gasteiger charge is -2.31. The van der Waals surface area contributed by atoms with Crippen LogP contribution in [0, 0.1) is 0 Å². The minimum Gasteiger partial charge on any atom is -0.396 e. The molecule has 0 aromatic carbocycles. The summed E-state index contributed by atoms with van der Waals surface area (Å²) < 4.78 is 1.51. The van der Waals surface area contributed by atoms with Crippen molar-refractivity contribution in [3.05, 3.63) is 11.9 Å². The highest BCUT2D eigenvalue weighted by atomic mass is 16.2. The highest BCUT2D eigenvalue weighted by molar-refractivity contribution is 5.97. The van der Waals surface area contributed by atoms with Crippen LogP contribution in [0.3, 0.4) is 0 Å². The number of primary amides is 1. The zero-order valence-corrected chi connectivity index (χ0v) is 11.5. The summed E-state index contributed by atoms with van der Waals surface area (Å²) in [6.07, 6.45) is 3.17. The van der Waals surface area contributed by atoms with Crippen LogP contribution in [0.4, 0.5) is 5.69 Å². The molecule has 0 aliphatic carbocycles. The first-order valence-corrected chi connectivity index (χ1v) is 6.56. The van der Waals surface area contributed by atoms with Gasteiger partial charge in [-0.05, 0) is 12.8 Å². The smallest absolute Gasteiger partial charge is 0.274 e. The Bertz CT molecular complexity index is 504. The summed E-state index contributed by atoms with van der Waals surface area (Å²) >= 11 is 0. The van der Waals surface area contributed by atoms with Gasteiger partial charge in [0.05, 0.1) is 12.2 Å². The van der Waals surface area contributed by atoms with Crippen molar-refractivity contribution in [2.45, 2.75) is 18.9 Å². The monoisotopic (exact) mass is 280 g/mol. The molecule has 2 amide bonds. The molecule has 0 saturated carbocycles. The third-order valence-electron chi connectivity index (χ3n) is 3.37. The molecule has 0 bridgehead atoms. The summed E-state index contributed by atoms with van der Waals surface area (Å²) in [4.78, 5) is 24.9. The number of nitrogens with zero attached hydrogens (tertiary/aromatic N) is 3. The standard InChI is InChI=1S/C12H20N6O2/c1-17-6-9(13)11(16-17)12(20)15-8-2-4-18(5-3-8)7-10(14)19/h6,8H,2-5,7,13H2,1H3,(H2,14,19)(H,15,20). The van der Waals surface area contributed by atoms with Gasteiger partial charge in [-0.3, -0.25) is 19.2 Å². The number of nitrogen functional groups attached to an aromatic ring is 1. The summed E-state index contributed by atoms with van der Waals surface area (Å²) in [7, 11) is 1.72. The zero-order valence-electron chi connectivity index (χ0n) is 11.5. The molecular weight excluding hydrogens is 260 g/mol. The van der Waals surface area contributed by atoms with E-state index in [2.05, 4.69) is 10.4 Å². The fourth-order valence-corrected chi connectivity index (χ4v) is 2.39. The first-order chi connectivity index (χ1) is 9.45. The first-order valence-electron chi connectivity index (χ1n) is 6.56. The van der Waals surface area contributed by atoms with Crippen molar-refractivity contribution in [3.8, 4) is 0 Å². The molecule has 1 aliphatic heterocycles. The Kier molecular flexibility index (Phi) is 4.23. The van der Waals surface area contributed by atoms with Gasteiger partial charge in [0.1, 0.15) is 0 Å². The molecule has 0 atom stereocenters. The van der Waals surface area contributed by atoms with Crippen LogP contribution in [-0.4, -0.2) is 52.2 Å². The maximum absolute atomic E-state index is 12.1. The molecule has 2 heterocycles. The number of nitrogens with one attached hydrogen (secondary N) is 1. The van der Waals surface area contributed by atoms with Gasteiger partial charge < -0.3 is 16.8 Å². The second-order valence-electron chi connectivity index (χ2n) is 5.10. The van der Waals surface area contributed by atoms with Crippen LogP contribution in [-0.2, 0) is 11.8 Å². The van der Waals surface area contributed by atoms with E-state index in [0.717, 1.165) is 25.9 Å². The molecule has 8 nitrogen and oxygen atoms in total. The summed E-state index contributed by atoms with van der Waals surface area (Å²) in [5, 5.41) is 6.96. The number of likely N-dealkylation sites (tertiary alicyclic amines) is 1. The van der Waals surface area contributed by atoms with Gasteiger partial charge >= 0.3 is 0 Å². The fourth-order valence-electron chi connectivity index (χ4n) is 2.39. The molecule has 1 aromatic rings. The number of aryl methyl sites for hydroxylation is 1. The maximum Gasteiger partial charge on any atom is 0.274 e. The largest absolute Gasteiger partial charge is 0.396 e. The zero-order chi connectivity index (χ0) is 14.7. The third kappa shape index (κ3) is 3.47. The number of hydrogen-bond donors (Lipinski definition) is 3. The second-order valence-corrected chi connectivity index (χ2v) is 5.10. The Hall–Kier alpha value is -2.09. The van der Waals surface area contributed by atoms with Gasteiger partial charge in [-0.15, -0.1) is 0 Å². The summed E-state index contributed by atoms with van der Waals surface area (Å²) in [5.74, 6) is -0.579. The molecule has 1 fully saturated rings. The van der Waals surface area contributed by atoms with Gasteiger partial charge in [-0.1, -0.05) is 0 Å². The Morgan fingerprint density at radius 1 is 1.45 bits per heavy atom. The number of anilines is 1. The minimum atomic E-state index is -0.325. The molecule has 110 valence electrons. The van der Waals surface area contributed by atoms with Crippen LogP contribution in [0.2, 0.25) is 0 Å². The van der Waals surface area contributed by atoms with E-state index in [-0.39, 0.29) is 30.1 Å². The predicted octanol–water partition coefficient (Wildman–Crippen LogP) is -1.32. The number of nitrogens with two attached hydrogens (primary N) is 2. The van der Waals surface area contributed by atoms with Crippen LogP contribution in [0.15, 0.2) is 6.20 Å². The highest BCUT2D eigenvalue weighted by Crippen LogP contribution is 2.12. The molecule has 1 aliphatic rings. The number of carbonyl (C=O) groups excluding carboxylic acids is 2. The normalized spacial score (nSPS) is 17.1. The number of hydrogen-bond acceptors (Lipinski definition) is 5. The molecule has 2 rings (SSSR count). The van der Waals surface area contributed by atoms with Gasteiger partial charge in [0.15, 0.2) is 5.69 Å². The lowest BCUT2D eigenvalue weighted by Crippen LogP contribution is -2.46. The van der Waals surface area contributed by atoms with Crippen molar-refractivity contribution < 1.29 is 9.59 Å². The van der Waals surface area contributed by atoms with E-state index in [1.54, 1.807) is 13.2 Å². The van der Waals surface area contributed by atoms with Crippen molar-refractivity contribution in [3.63, 3.8) is 0 Å². The fraction of sp³-hybridized carbons (Fsp3) is 0.583. The van der Waals surface area contributed by atoms with E-state index in [0.29, 0.717) is 5.69 Å². The van der Waals surface area contributed by atoms with Crippen molar-refractivity contribution in [2.24, 2.45) is 12.8 Å². The molecular formula is C12H20N6O2. The molecule has 0 unspecified atom stereocenters. The quantitative estimate of drug-likeness (QED) is 0.632. The van der Waals surface area contributed by atoms with Crippen molar-refractivity contribution in [1.29, 1.82) is 0 Å². The van der Waals surface area contributed by atoms with Gasteiger partial charge in [0, 0.05) is 32.4 Å². The number of aromatic nitrogens is 2. The van der Waals surface area contributed by atoms with Crippen molar-refractivity contribution in [1.82, 2.24) is 20.0 Å². The summed E-state index contributed by atoms with van der Waals surface area (Å²) in [6, 6.07) is 0.0769. The topological polar surface area (TPSA) is 119 Å². The number of amides is 2. The second kappa shape index (κ2) is 5.91. The van der Waals surface area contributed by atoms with E-state index in [9.17, 15) is 9.59 Å². The average molecular weight is 280 g/mol. The Morgan fingerprint density at radius 3 is 2.60 bits per heavy atom. The number of rotatable bonds is 4. The molecule has 5 N–H and O–H groups in total. The lowest BCUT2D eigenvalue weighted by molar-refractivity contribution is -0.119. The molecule has 8 heteroatoms. The number of carbonyl (C=O) groups is 2. The SMILES string of the molecule is Cn1cc(N)c(C(=O)NC2CCN(CC(N)=O)CC2)n1. The van der Waals surface area contributed by atoms with Gasteiger partial charge in [0.25, 0.3) is 5.91 Å². The van der Waals surface area contributed by atoms with Crippen LogP contribution < -0.4 is 16.8 Å². The van der Waals surface area contributed by atoms with E-state index >= 15 is 0 Å². The molecule has 0 spiro atoms. The number of piperidine rings is 1. The predicted molar refractivity (Wildman–Crippen MR) is 73.7 cm³/mol. The Labute approximate surface area is 117 Å². The van der Waals surface area contributed by atoms with E-state index in [1.807, 2.05) is 4.90 Å². The van der Waals surface area contributed by atoms with Gasteiger partial charge in [-0.2, -0.15) is 5.10 Å². The Morgan fingerprint density at radius 2 is 2.10 bits per heavy atom. The average Bonchev–Trinajstić information content (AvgIpc) is 2.70. The van der Waals surface area contributed by atoms with Crippen LogP contribution >= 0.6 is 0 Å². The molecule has 0 radical (unpaired) electrons. The summed E-state index contributed by atoms with van der Waals surface area (Å²) in [5.41, 5.74) is 11.5. The highest BCUT2D eigenvalue weighted by Gasteiger charge is 2.23. The van der Waals surface area contributed by atoms with Crippen molar-refractivity contribution >= 4 is 17.5 Å². The van der Waals surface area contributed by atoms with Gasteiger partial charge in [0.2, 0.25) is 5.91 Å². The van der Waals surface area contributed by atoms with Crippen LogP contribution in [0.5, 0.6) is 0 Å². The van der Waals surface area contributed by atoms with Crippen LogP contribution in [0.25, 0.3) is 0 Å².